The molecule has 25 heavy (non-hydrogen) atoms. The fourth-order valence-electron chi connectivity index (χ4n) is 2.98. The number of hydrogen-bond donors (Lipinski definition) is 0. The number of nitrogens with zero attached hydrogens (tertiary/aromatic N) is 3. The average molecular weight is 327 g/mol. The van der Waals surface area contributed by atoms with Gasteiger partial charge in [-0.2, -0.15) is 0 Å². The number of benzene rings is 2. The molecule has 0 saturated carbocycles. The lowest BCUT2D eigenvalue weighted by molar-refractivity contribution is 0.571. The highest BCUT2D eigenvalue weighted by Gasteiger charge is 2.20. The Morgan fingerprint density at radius 3 is 2.00 bits per heavy atom. The Bertz CT molecular complexity index is 1010. The van der Waals surface area contributed by atoms with Gasteiger partial charge in [0.1, 0.15) is 11.3 Å². The lowest BCUT2D eigenvalue weighted by Gasteiger charge is -2.17. The lowest BCUT2D eigenvalue weighted by atomic mass is 9.92. The van der Waals surface area contributed by atoms with Gasteiger partial charge in [-0.25, -0.2) is 9.97 Å². The molecule has 4 aromatic rings. The molecule has 0 spiro atoms. The van der Waals surface area contributed by atoms with Crippen molar-refractivity contribution in [1.29, 1.82) is 0 Å². The minimum absolute atomic E-state index is 0.00706. The Morgan fingerprint density at radius 1 is 0.720 bits per heavy atom. The van der Waals surface area contributed by atoms with Crippen molar-refractivity contribution in [2.24, 2.45) is 0 Å². The highest BCUT2D eigenvalue weighted by Crippen LogP contribution is 2.29. The Labute approximate surface area is 148 Å². The molecule has 0 saturated heterocycles. The van der Waals surface area contributed by atoms with Gasteiger partial charge in [0.05, 0.1) is 0 Å². The van der Waals surface area contributed by atoms with E-state index in [1.807, 2.05) is 36.4 Å². The van der Waals surface area contributed by atoms with Gasteiger partial charge in [0.15, 0.2) is 5.65 Å². The van der Waals surface area contributed by atoms with E-state index in [9.17, 15) is 0 Å². The normalized spacial score (nSPS) is 11.8. The summed E-state index contributed by atoms with van der Waals surface area (Å²) < 4.78 is 2.15. The Kier molecular flexibility index (Phi) is 3.65. The van der Waals surface area contributed by atoms with Gasteiger partial charge in [-0.1, -0.05) is 69.3 Å². The van der Waals surface area contributed by atoms with E-state index in [2.05, 4.69) is 61.7 Å². The molecular formula is C22H21N3. The number of aromatic nitrogens is 3. The summed E-state index contributed by atoms with van der Waals surface area (Å²) in [4.78, 5) is 9.85. The molecule has 2 heterocycles. The molecule has 3 heteroatoms. The molecule has 124 valence electrons. The molecule has 0 amide bonds. The fraction of sp³-hybridized carbons (Fsp3) is 0.182. The molecule has 0 N–H and O–H groups in total. The maximum atomic E-state index is 4.97. The molecule has 0 aliphatic carbocycles. The smallest absolute Gasteiger partial charge is 0.165 e. The zero-order valence-corrected chi connectivity index (χ0v) is 14.8. The minimum atomic E-state index is -0.00706. The van der Waals surface area contributed by atoms with Crippen LogP contribution in [-0.4, -0.2) is 14.5 Å². The van der Waals surface area contributed by atoms with E-state index in [0.29, 0.717) is 0 Å². The summed E-state index contributed by atoms with van der Waals surface area (Å²) in [6, 6.07) is 24.7. The fourth-order valence-corrected chi connectivity index (χ4v) is 2.98. The molecule has 2 aromatic carbocycles. The van der Waals surface area contributed by atoms with E-state index in [0.717, 1.165) is 33.9 Å². The number of fused-ring (bicyclic) bond motifs is 1. The third-order valence-electron chi connectivity index (χ3n) is 4.32. The minimum Gasteiger partial charge on any atom is -0.277 e. The highest BCUT2D eigenvalue weighted by molar-refractivity contribution is 5.80. The van der Waals surface area contributed by atoms with Crippen LogP contribution in [0.1, 0.15) is 26.5 Å². The SMILES string of the molecule is CC(C)(C)c1ccc2nc(-c3ccccc3)n(-c3ccccc3)c2n1. The van der Waals surface area contributed by atoms with Gasteiger partial charge >= 0.3 is 0 Å². The Balaban J connectivity index is 2.05. The van der Waals surface area contributed by atoms with Crippen molar-refractivity contribution in [3.8, 4) is 17.1 Å². The van der Waals surface area contributed by atoms with E-state index in [4.69, 9.17) is 9.97 Å². The largest absolute Gasteiger partial charge is 0.277 e. The lowest BCUT2D eigenvalue weighted by Crippen LogP contribution is -2.13. The summed E-state index contributed by atoms with van der Waals surface area (Å²) >= 11 is 0. The molecular weight excluding hydrogens is 306 g/mol. The van der Waals surface area contributed by atoms with Gasteiger partial charge < -0.3 is 0 Å². The van der Waals surface area contributed by atoms with Crippen molar-refractivity contribution in [2.75, 3.05) is 0 Å². The second kappa shape index (κ2) is 5.85. The maximum Gasteiger partial charge on any atom is 0.165 e. The summed E-state index contributed by atoms with van der Waals surface area (Å²) in [7, 11) is 0. The first-order valence-corrected chi connectivity index (χ1v) is 8.55. The number of rotatable bonds is 2. The number of pyridine rings is 1. The quantitative estimate of drug-likeness (QED) is 0.494. The van der Waals surface area contributed by atoms with Gasteiger partial charge in [-0.05, 0) is 24.3 Å². The van der Waals surface area contributed by atoms with Crippen molar-refractivity contribution < 1.29 is 0 Å². The summed E-state index contributed by atoms with van der Waals surface area (Å²) in [5.74, 6) is 0.917. The van der Waals surface area contributed by atoms with Gasteiger partial charge in [0.2, 0.25) is 0 Å². The Hall–Kier alpha value is -2.94. The molecule has 0 atom stereocenters. The number of hydrogen-bond acceptors (Lipinski definition) is 2. The van der Waals surface area contributed by atoms with E-state index in [-0.39, 0.29) is 5.41 Å². The van der Waals surface area contributed by atoms with Crippen LogP contribution < -0.4 is 0 Å². The summed E-state index contributed by atoms with van der Waals surface area (Å²) in [5, 5.41) is 0. The van der Waals surface area contributed by atoms with Crippen LogP contribution in [-0.2, 0) is 5.41 Å². The molecule has 0 aliphatic heterocycles. The zero-order valence-electron chi connectivity index (χ0n) is 14.8. The molecule has 0 fully saturated rings. The predicted octanol–water partition coefficient (Wildman–Crippen LogP) is 5.39. The second-order valence-corrected chi connectivity index (χ2v) is 7.26. The maximum absolute atomic E-state index is 4.97. The standard InChI is InChI=1S/C22H21N3/c1-22(2,3)19-15-14-18-21(24-19)25(17-12-8-5-9-13-17)20(23-18)16-10-6-4-7-11-16/h4-15H,1-3H3. The summed E-state index contributed by atoms with van der Waals surface area (Å²) in [6.45, 7) is 6.55. The molecule has 0 unspecified atom stereocenters. The van der Waals surface area contributed by atoms with Crippen LogP contribution in [0.5, 0.6) is 0 Å². The van der Waals surface area contributed by atoms with Crippen LogP contribution in [0.2, 0.25) is 0 Å². The third kappa shape index (κ3) is 2.82. The second-order valence-electron chi connectivity index (χ2n) is 7.26. The van der Waals surface area contributed by atoms with Crippen LogP contribution in [0.15, 0.2) is 72.8 Å². The van der Waals surface area contributed by atoms with Gasteiger partial charge in [-0.3, -0.25) is 4.57 Å². The predicted molar refractivity (Wildman–Crippen MR) is 103 cm³/mol. The molecule has 0 aliphatic rings. The van der Waals surface area contributed by atoms with Gasteiger partial charge in [-0.15, -0.1) is 0 Å². The van der Waals surface area contributed by atoms with Crippen LogP contribution in [0.3, 0.4) is 0 Å². The van der Waals surface area contributed by atoms with Crippen LogP contribution in [0.25, 0.3) is 28.2 Å². The van der Waals surface area contributed by atoms with Crippen LogP contribution in [0, 0.1) is 0 Å². The molecule has 0 bridgehead atoms. The van der Waals surface area contributed by atoms with Crippen LogP contribution >= 0.6 is 0 Å². The van der Waals surface area contributed by atoms with Crippen LogP contribution in [0.4, 0.5) is 0 Å². The first kappa shape index (κ1) is 15.6. The van der Waals surface area contributed by atoms with Crippen molar-refractivity contribution in [1.82, 2.24) is 14.5 Å². The topological polar surface area (TPSA) is 30.7 Å². The molecule has 3 nitrogen and oxygen atoms in total. The number of para-hydroxylation sites is 1. The van der Waals surface area contributed by atoms with E-state index in [1.165, 1.54) is 0 Å². The molecule has 2 aromatic heterocycles. The monoisotopic (exact) mass is 327 g/mol. The zero-order chi connectivity index (χ0) is 17.4. The highest BCUT2D eigenvalue weighted by atomic mass is 15.1. The van der Waals surface area contributed by atoms with Crippen molar-refractivity contribution in [3.63, 3.8) is 0 Å². The summed E-state index contributed by atoms with van der Waals surface area (Å²) in [6.07, 6.45) is 0. The van der Waals surface area contributed by atoms with Gasteiger partial charge in [0, 0.05) is 22.4 Å². The third-order valence-corrected chi connectivity index (χ3v) is 4.32. The van der Waals surface area contributed by atoms with E-state index < -0.39 is 0 Å². The average Bonchev–Trinajstić information content (AvgIpc) is 3.01. The van der Waals surface area contributed by atoms with Crippen molar-refractivity contribution >= 4 is 11.2 Å². The van der Waals surface area contributed by atoms with Gasteiger partial charge in [0.25, 0.3) is 0 Å². The first-order chi connectivity index (χ1) is 12.0. The Morgan fingerprint density at radius 2 is 1.36 bits per heavy atom. The van der Waals surface area contributed by atoms with E-state index >= 15 is 0 Å². The first-order valence-electron chi connectivity index (χ1n) is 8.55. The van der Waals surface area contributed by atoms with E-state index in [1.54, 1.807) is 0 Å². The molecule has 4 rings (SSSR count). The molecule has 0 radical (unpaired) electrons. The number of imidazole rings is 1. The van der Waals surface area contributed by atoms with Crippen molar-refractivity contribution in [2.45, 2.75) is 26.2 Å². The van der Waals surface area contributed by atoms with Crippen molar-refractivity contribution in [3.05, 3.63) is 78.5 Å². The summed E-state index contributed by atoms with van der Waals surface area (Å²) in [5.41, 5.74) is 5.03.